The Morgan fingerprint density at radius 2 is 2.00 bits per heavy atom. The van der Waals surface area contributed by atoms with Gasteiger partial charge in [-0.2, -0.15) is 0 Å². The number of hydrogen-bond acceptors (Lipinski definition) is 6. The fourth-order valence-electron chi connectivity index (χ4n) is 1.29. The number of aromatic nitrogens is 3. The van der Waals surface area contributed by atoms with E-state index >= 15 is 0 Å². The molecular formula is C11H13N5OS. The molecule has 0 saturated heterocycles. The van der Waals surface area contributed by atoms with Crippen LogP contribution in [-0.4, -0.2) is 20.8 Å². The number of hydrogen-bond donors (Lipinski definition) is 2. The molecule has 2 aromatic rings. The minimum atomic E-state index is -0.0814. The zero-order valence-corrected chi connectivity index (χ0v) is 11.1. The van der Waals surface area contributed by atoms with Crippen LogP contribution in [0.25, 0.3) is 0 Å². The van der Waals surface area contributed by atoms with Gasteiger partial charge in [0.25, 0.3) is 5.22 Å². The first kappa shape index (κ1) is 12.6. The zero-order valence-electron chi connectivity index (χ0n) is 10.3. The molecule has 18 heavy (non-hydrogen) atoms. The summed E-state index contributed by atoms with van der Waals surface area (Å²) in [5, 5.41) is 8.35. The van der Waals surface area contributed by atoms with Gasteiger partial charge in [-0.3, -0.25) is 5.41 Å². The lowest BCUT2D eigenvalue weighted by Crippen LogP contribution is -2.14. The Morgan fingerprint density at radius 1 is 1.28 bits per heavy atom. The van der Waals surface area contributed by atoms with Crippen molar-refractivity contribution in [3.63, 3.8) is 0 Å². The van der Waals surface area contributed by atoms with E-state index in [4.69, 9.17) is 15.6 Å². The second-order valence-corrected chi connectivity index (χ2v) is 4.73. The summed E-state index contributed by atoms with van der Waals surface area (Å²) in [5.41, 5.74) is 7.42. The van der Waals surface area contributed by atoms with Gasteiger partial charge >= 0.3 is 0 Å². The number of nitrogen functional groups attached to an aromatic ring is 1. The van der Waals surface area contributed by atoms with Gasteiger partial charge in [-0.1, -0.05) is 0 Å². The Bertz CT molecular complexity index is 588. The number of amidine groups is 1. The minimum Gasteiger partial charge on any atom is -0.436 e. The maximum Gasteiger partial charge on any atom is 0.264 e. The number of aryl methyl sites for hydroxylation is 3. The Balaban J connectivity index is 2.31. The van der Waals surface area contributed by atoms with Crippen molar-refractivity contribution < 1.29 is 4.42 Å². The molecule has 94 valence electrons. The molecule has 0 unspecified atom stereocenters. The molecule has 2 rings (SSSR count). The van der Waals surface area contributed by atoms with E-state index in [0.717, 1.165) is 17.1 Å². The molecule has 0 aliphatic carbocycles. The standard InChI is InChI=1S/C11H13N5OS/c1-5-4-8(9(12)13)16-10(14-5)18-11-15-6(2)7(3)17-11/h4H,1-3H3,(H3,12,13). The molecule has 0 aliphatic heterocycles. The van der Waals surface area contributed by atoms with Crippen LogP contribution in [0, 0.1) is 26.2 Å². The molecule has 0 bridgehead atoms. The number of nitrogens with two attached hydrogens (primary N) is 1. The largest absolute Gasteiger partial charge is 0.436 e. The van der Waals surface area contributed by atoms with Crippen LogP contribution in [0.15, 0.2) is 20.9 Å². The van der Waals surface area contributed by atoms with E-state index in [-0.39, 0.29) is 5.84 Å². The molecule has 6 nitrogen and oxygen atoms in total. The Labute approximate surface area is 109 Å². The number of oxazole rings is 1. The van der Waals surface area contributed by atoms with E-state index in [1.165, 1.54) is 11.8 Å². The number of rotatable bonds is 3. The topological polar surface area (TPSA) is 102 Å². The predicted octanol–water partition coefficient (Wildman–Crippen LogP) is 1.83. The van der Waals surface area contributed by atoms with Crippen molar-refractivity contribution in [2.45, 2.75) is 31.2 Å². The lowest BCUT2D eigenvalue weighted by Gasteiger charge is -2.02. The van der Waals surface area contributed by atoms with Crippen LogP contribution in [0.3, 0.4) is 0 Å². The van der Waals surface area contributed by atoms with Gasteiger partial charge in [-0.25, -0.2) is 15.0 Å². The lowest BCUT2D eigenvalue weighted by atomic mass is 10.3. The van der Waals surface area contributed by atoms with Crippen LogP contribution >= 0.6 is 11.8 Å². The van der Waals surface area contributed by atoms with Gasteiger partial charge in [0.05, 0.1) is 5.69 Å². The van der Waals surface area contributed by atoms with E-state index in [1.54, 1.807) is 6.07 Å². The van der Waals surface area contributed by atoms with E-state index < -0.39 is 0 Å². The van der Waals surface area contributed by atoms with E-state index in [9.17, 15) is 0 Å². The van der Waals surface area contributed by atoms with Crippen LogP contribution in [0.4, 0.5) is 0 Å². The molecule has 0 saturated carbocycles. The third kappa shape index (κ3) is 2.67. The smallest absolute Gasteiger partial charge is 0.264 e. The third-order valence-electron chi connectivity index (χ3n) is 2.30. The van der Waals surface area contributed by atoms with Crippen molar-refractivity contribution in [1.29, 1.82) is 5.41 Å². The fourth-order valence-corrected chi connectivity index (χ4v) is 2.13. The Hall–Kier alpha value is -1.89. The molecule has 0 fully saturated rings. The molecule has 0 radical (unpaired) electrons. The van der Waals surface area contributed by atoms with Crippen molar-refractivity contribution in [2.24, 2.45) is 5.73 Å². The second-order valence-electron chi connectivity index (χ2n) is 3.81. The van der Waals surface area contributed by atoms with E-state index in [0.29, 0.717) is 16.1 Å². The summed E-state index contributed by atoms with van der Waals surface area (Å²) in [6.07, 6.45) is 0. The summed E-state index contributed by atoms with van der Waals surface area (Å²) in [6.45, 7) is 5.55. The van der Waals surface area contributed by atoms with Gasteiger partial charge < -0.3 is 10.2 Å². The van der Waals surface area contributed by atoms with Crippen LogP contribution in [0.1, 0.15) is 22.8 Å². The van der Waals surface area contributed by atoms with Gasteiger partial charge in [-0.05, 0) is 26.8 Å². The Kier molecular flexibility index (Phi) is 3.33. The predicted molar refractivity (Wildman–Crippen MR) is 67.9 cm³/mol. The quantitative estimate of drug-likeness (QED) is 0.497. The highest BCUT2D eigenvalue weighted by Crippen LogP contribution is 2.25. The molecule has 3 N–H and O–H groups in total. The summed E-state index contributed by atoms with van der Waals surface area (Å²) in [4.78, 5) is 12.7. The normalized spacial score (nSPS) is 10.6. The summed E-state index contributed by atoms with van der Waals surface area (Å²) < 4.78 is 5.45. The average Bonchev–Trinajstić information content (AvgIpc) is 2.56. The van der Waals surface area contributed by atoms with Crippen molar-refractivity contribution in [2.75, 3.05) is 0 Å². The van der Waals surface area contributed by atoms with Gasteiger partial charge in [0.1, 0.15) is 17.3 Å². The summed E-state index contributed by atoms with van der Waals surface area (Å²) in [6, 6.07) is 1.67. The maximum atomic E-state index is 7.39. The molecule has 0 spiro atoms. The van der Waals surface area contributed by atoms with Crippen LogP contribution in [-0.2, 0) is 0 Å². The molecule has 0 amide bonds. The highest BCUT2D eigenvalue weighted by atomic mass is 32.2. The van der Waals surface area contributed by atoms with Crippen LogP contribution < -0.4 is 5.73 Å². The lowest BCUT2D eigenvalue weighted by molar-refractivity contribution is 0.430. The summed E-state index contributed by atoms with van der Waals surface area (Å²) in [5.74, 6) is 0.694. The number of nitrogens with one attached hydrogen (secondary N) is 1. The average molecular weight is 263 g/mol. The van der Waals surface area contributed by atoms with Crippen molar-refractivity contribution in [1.82, 2.24) is 15.0 Å². The van der Waals surface area contributed by atoms with Crippen molar-refractivity contribution >= 4 is 17.6 Å². The second kappa shape index (κ2) is 4.77. The Morgan fingerprint density at radius 3 is 2.56 bits per heavy atom. The first-order valence-corrected chi connectivity index (χ1v) is 6.09. The molecule has 2 heterocycles. The molecule has 2 aromatic heterocycles. The monoisotopic (exact) mass is 263 g/mol. The van der Waals surface area contributed by atoms with Gasteiger partial charge in [-0.15, -0.1) is 0 Å². The van der Waals surface area contributed by atoms with Gasteiger partial charge in [0.15, 0.2) is 5.16 Å². The first-order valence-electron chi connectivity index (χ1n) is 5.27. The van der Waals surface area contributed by atoms with Crippen molar-refractivity contribution in [3.8, 4) is 0 Å². The SMILES string of the molecule is Cc1cc(C(=N)N)nc(Sc2nc(C)c(C)o2)n1. The fraction of sp³-hybridized carbons (Fsp3) is 0.273. The number of nitrogens with zero attached hydrogens (tertiary/aromatic N) is 3. The minimum absolute atomic E-state index is 0.0814. The first-order chi connectivity index (χ1) is 8.45. The third-order valence-corrected chi connectivity index (χ3v) is 3.01. The van der Waals surface area contributed by atoms with Gasteiger partial charge in [0.2, 0.25) is 0 Å². The van der Waals surface area contributed by atoms with E-state index in [1.807, 2.05) is 20.8 Å². The zero-order chi connectivity index (χ0) is 13.3. The van der Waals surface area contributed by atoms with Crippen molar-refractivity contribution in [3.05, 3.63) is 28.9 Å². The summed E-state index contributed by atoms with van der Waals surface area (Å²) in [7, 11) is 0. The highest BCUT2D eigenvalue weighted by molar-refractivity contribution is 7.98. The highest BCUT2D eigenvalue weighted by Gasteiger charge is 2.11. The van der Waals surface area contributed by atoms with E-state index in [2.05, 4.69) is 15.0 Å². The molecule has 0 atom stereocenters. The summed E-state index contributed by atoms with van der Waals surface area (Å²) >= 11 is 1.22. The van der Waals surface area contributed by atoms with Crippen LogP contribution in [0.2, 0.25) is 0 Å². The maximum absolute atomic E-state index is 7.39. The molecule has 0 aromatic carbocycles. The van der Waals surface area contributed by atoms with Gasteiger partial charge in [0, 0.05) is 17.5 Å². The van der Waals surface area contributed by atoms with Crippen LogP contribution in [0.5, 0.6) is 0 Å². The molecular weight excluding hydrogens is 250 g/mol. The molecule has 0 aliphatic rings. The molecule has 7 heteroatoms.